The molecular formula is C26H32N6O3S. The second kappa shape index (κ2) is 9.24. The third-order valence-electron chi connectivity index (χ3n) is 6.80. The van der Waals surface area contributed by atoms with Crippen molar-refractivity contribution in [2.24, 2.45) is 5.41 Å². The van der Waals surface area contributed by atoms with Crippen molar-refractivity contribution in [2.75, 3.05) is 41.4 Å². The number of benzene rings is 1. The fourth-order valence-corrected chi connectivity index (χ4v) is 5.54. The third-order valence-corrected chi connectivity index (χ3v) is 7.39. The molecule has 0 fully saturated rings. The number of pyridine rings is 1. The van der Waals surface area contributed by atoms with Crippen LogP contribution >= 0.6 is 0 Å². The molecule has 2 aliphatic rings. The van der Waals surface area contributed by atoms with Gasteiger partial charge in [0.25, 0.3) is 0 Å². The van der Waals surface area contributed by atoms with Gasteiger partial charge in [-0.15, -0.1) is 0 Å². The number of nitrogens with one attached hydrogen (secondary N) is 2. The van der Waals surface area contributed by atoms with Crippen LogP contribution in [0.5, 0.6) is 5.75 Å². The molecule has 190 valence electrons. The average molecular weight is 509 g/mol. The van der Waals surface area contributed by atoms with Crippen LogP contribution in [-0.2, 0) is 29.4 Å². The Kier molecular flexibility index (Phi) is 6.23. The zero-order valence-electron chi connectivity index (χ0n) is 21.1. The monoisotopic (exact) mass is 508 g/mol. The van der Waals surface area contributed by atoms with Crippen LogP contribution in [-0.4, -0.2) is 49.8 Å². The molecule has 0 unspecified atom stereocenters. The number of aryl methyl sites for hydroxylation is 1. The number of rotatable bonds is 5. The summed E-state index contributed by atoms with van der Waals surface area (Å²) in [6, 6.07) is 7.83. The van der Waals surface area contributed by atoms with Crippen LogP contribution < -0.4 is 19.7 Å². The molecule has 1 aliphatic heterocycles. The van der Waals surface area contributed by atoms with Gasteiger partial charge in [0.1, 0.15) is 30.3 Å². The Morgan fingerprint density at radius 2 is 1.94 bits per heavy atom. The number of hydrogen-bond acceptors (Lipinski definition) is 8. The Balaban J connectivity index is 1.49. The third kappa shape index (κ3) is 5.09. The minimum Gasteiger partial charge on any atom is -0.491 e. The largest absolute Gasteiger partial charge is 0.491 e. The zero-order valence-corrected chi connectivity index (χ0v) is 21.9. The van der Waals surface area contributed by atoms with Gasteiger partial charge in [-0.05, 0) is 48.4 Å². The molecule has 9 nitrogen and oxygen atoms in total. The summed E-state index contributed by atoms with van der Waals surface area (Å²) in [5.74, 6) is 2.30. The summed E-state index contributed by atoms with van der Waals surface area (Å²) in [6.45, 7) is 6.56. The number of ether oxygens (including phenoxy) is 1. The maximum Gasteiger partial charge on any atom is 0.229 e. The van der Waals surface area contributed by atoms with Gasteiger partial charge in [-0.1, -0.05) is 19.9 Å². The predicted molar refractivity (Wildman–Crippen MR) is 142 cm³/mol. The van der Waals surface area contributed by atoms with Crippen LogP contribution in [0.15, 0.2) is 36.8 Å². The summed E-state index contributed by atoms with van der Waals surface area (Å²) in [6.07, 6.45) is 7.60. The lowest BCUT2D eigenvalue weighted by molar-refractivity contribution is 0.310. The van der Waals surface area contributed by atoms with E-state index in [-0.39, 0.29) is 5.41 Å². The lowest BCUT2D eigenvalue weighted by Gasteiger charge is -2.33. The second-order valence-corrected chi connectivity index (χ2v) is 12.0. The van der Waals surface area contributed by atoms with Crippen LogP contribution in [0.2, 0.25) is 0 Å². The predicted octanol–water partition coefficient (Wildman–Crippen LogP) is 3.87. The van der Waals surface area contributed by atoms with Crippen molar-refractivity contribution in [2.45, 2.75) is 39.7 Å². The molecule has 0 amide bonds. The molecule has 0 saturated heterocycles. The molecule has 0 radical (unpaired) electrons. The maximum absolute atomic E-state index is 11.9. The molecule has 5 rings (SSSR count). The Morgan fingerprint density at radius 3 is 2.72 bits per heavy atom. The molecule has 1 aliphatic carbocycles. The first-order valence-electron chi connectivity index (χ1n) is 12.1. The van der Waals surface area contributed by atoms with E-state index < -0.39 is 10.0 Å². The summed E-state index contributed by atoms with van der Waals surface area (Å²) >= 11 is 0. The fraction of sp³-hybridized carbons (Fsp3) is 0.423. The van der Waals surface area contributed by atoms with Crippen LogP contribution in [0.25, 0.3) is 11.1 Å². The molecule has 36 heavy (non-hydrogen) atoms. The number of nitrogens with zero attached hydrogens (tertiary/aromatic N) is 4. The number of hydrogen-bond donors (Lipinski definition) is 2. The van der Waals surface area contributed by atoms with Crippen molar-refractivity contribution in [1.82, 2.24) is 15.0 Å². The molecule has 1 aromatic carbocycles. The van der Waals surface area contributed by atoms with E-state index in [1.807, 2.05) is 12.1 Å². The molecule has 0 saturated carbocycles. The summed E-state index contributed by atoms with van der Waals surface area (Å²) in [4.78, 5) is 16.0. The number of anilines is 3. The van der Waals surface area contributed by atoms with E-state index in [1.54, 1.807) is 25.6 Å². The van der Waals surface area contributed by atoms with Crippen molar-refractivity contribution in [3.05, 3.63) is 53.6 Å². The fourth-order valence-electron chi connectivity index (χ4n) is 4.98. The molecule has 0 bridgehead atoms. The van der Waals surface area contributed by atoms with Gasteiger partial charge in [0, 0.05) is 42.2 Å². The minimum absolute atomic E-state index is 0.226. The molecule has 0 atom stereocenters. The Hall–Kier alpha value is -3.40. The van der Waals surface area contributed by atoms with E-state index in [0.29, 0.717) is 24.7 Å². The van der Waals surface area contributed by atoms with Gasteiger partial charge in [0.05, 0.1) is 18.5 Å². The normalized spacial score (nSPS) is 16.8. The first kappa shape index (κ1) is 24.3. The smallest absolute Gasteiger partial charge is 0.229 e. The van der Waals surface area contributed by atoms with Gasteiger partial charge in [0.2, 0.25) is 10.0 Å². The Morgan fingerprint density at radius 1 is 1.11 bits per heavy atom. The van der Waals surface area contributed by atoms with Crippen LogP contribution in [0.1, 0.15) is 37.1 Å². The molecule has 3 aromatic rings. The quantitative estimate of drug-likeness (QED) is 0.535. The van der Waals surface area contributed by atoms with E-state index in [9.17, 15) is 8.42 Å². The minimum atomic E-state index is -3.45. The standard InChI is InChI=1S/C26H32N6O3S/c1-26(2)8-7-21-20(13-26)25(30-16-29-21)32-9-10-35-23-6-5-17(11-19(23)15-32)18-12-22(31-36(4,33)34)24(27-3)28-14-18/h5-6,11-12,14,16,31H,7-10,13,15H2,1-4H3,(H,27,28). The van der Waals surface area contributed by atoms with E-state index in [0.717, 1.165) is 66.0 Å². The highest BCUT2D eigenvalue weighted by Crippen LogP contribution is 2.39. The number of sulfonamides is 1. The van der Waals surface area contributed by atoms with Crippen LogP contribution in [0.3, 0.4) is 0 Å². The lowest BCUT2D eigenvalue weighted by atomic mass is 9.76. The molecule has 2 aromatic heterocycles. The summed E-state index contributed by atoms with van der Waals surface area (Å²) in [7, 11) is -1.75. The van der Waals surface area contributed by atoms with Gasteiger partial charge < -0.3 is 15.0 Å². The molecular weight excluding hydrogens is 476 g/mol. The van der Waals surface area contributed by atoms with E-state index in [1.165, 1.54) is 5.56 Å². The molecule has 3 heterocycles. The SMILES string of the molecule is CNc1ncc(-c2ccc3c(c2)CN(c2ncnc4c2CC(C)(C)CC4)CCO3)cc1NS(C)(=O)=O. The number of fused-ring (bicyclic) bond motifs is 2. The second-order valence-electron chi connectivity index (χ2n) is 10.3. The summed E-state index contributed by atoms with van der Waals surface area (Å²) in [5.41, 5.74) is 5.81. The van der Waals surface area contributed by atoms with Crippen molar-refractivity contribution in [3.63, 3.8) is 0 Å². The van der Waals surface area contributed by atoms with Gasteiger partial charge in [0.15, 0.2) is 0 Å². The lowest BCUT2D eigenvalue weighted by Crippen LogP contribution is -2.31. The van der Waals surface area contributed by atoms with Gasteiger partial charge in [-0.3, -0.25) is 4.72 Å². The molecule has 2 N–H and O–H groups in total. The first-order valence-corrected chi connectivity index (χ1v) is 14.0. The highest BCUT2D eigenvalue weighted by atomic mass is 32.2. The topological polar surface area (TPSA) is 109 Å². The number of aromatic nitrogens is 3. The summed E-state index contributed by atoms with van der Waals surface area (Å²) in [5, 5.41) is 2.93. The van der Waals surface area contributed by atoms with Crippen LogP contribution in [0.4, 0.5) is 17.3 Å². The molecule has 0 spiro atoms. The zero-order chi connectivity index (χ0) is 25.5. The maximum atomic E-state index is 11.9. The van der Waals surface area contributed by atoms with Crippen molar-refractivity contribution >= 4 is 27.3 Å². The average Bonchev–Trinajstić information content (AvgIpc) is 3.04. The van der Waals surface area contributed by atoms with E-state index in [2.05, 4.69) is 44.8 Å². The first-order chi connectivity index (χ1) is 17.1. The Bertz CT molecular complexity index is 1410. The highest BCUT2D eigenvalue weighted by molar-refractivity contribution is 7.92. The van der Waals surface area contributed by atoms with Gasteiger partial charge >= 0.3 is 0 Å². The van der Waals surface area contributed by atoms with E-state index >= 15 is 0 Å². The van der Waals surface area contributed by atoms with Gasteiger partial charge in [-0.2, -0.15) is 0 Å². The van der Waals surface area contributed by atoms with Gasteiger partial charge in [-0.25, -0.2) is 23.4 Å². The van der Waals surface area contributed by atoms with E-state index in [4.69, 9.17) is 9.72 Å². The van der Waals surface area contributed by atoms with Crippen molar-refractivity contribution in [3.8, 4) is 16.9 Å². The summed E-state index contributed by atoms with van der Waals surface area (Å²) < 4.78 is 32.4. The van der Waals surface area contributed by atoms with Crippen molar-refractivity contribution in [1.29, 1.82) is 0 Å². The molecule has 10 heteroatoms. The van der Waals surface area contributed by atoms with Crippen molar-refractivity contribution < 1.29 is 13.2 Å². The van der Waals surface area contributed by atoms with Crippen LogP contribution in [0, 0.1) is 5.41 Å². The highest BCUT2D eigenvalue weighted by Gasteiger charge is 2.30. The Labute approximate surface area is 212 Å².